The highest BCUT2D eigenvalue weighted by Crippen LogP contribution is 2.19. The summed E-state index contributed by atoms with van der Waals surface area (Å²) in [5, 5.41) is 2.98. The van der Waals surface area contributed by atoms with Crippen LogP contribution in [0.25, 0.3) is 0 Å². The van der Waals surface area contributed by atoms with Crippen LogP contribution in [0.1, 0.15) is 25.7 Å². The second-order valence-electron chi connectivity index (χ2n) is 4.86. The molecule has 2 fully saturated rings. The first-order valence-electron chi connectivity index (χ1n) is 6.50. The third kappa shape index (κ3) is 4.39. The number of carbonyl (C=O) groups excluding carboxylic acids is 1. The van der Waals surface area contributed by atoms with Crippen LogP contribution in [-0.2, 0) is 14.3 Å². The molecule has 2 atom stereocenters. The van der Waals surface area contributed by atoms with E-state index in [0.717, 1.165) is 45.4 Å². The number of hydrogen-bond donors (Lipinski definition) is 2. The Morgan fingerprint density at radius 2 is 1.94 bits per heavy atom. The lowest BCUT2D eigenvalue weighted by Gasteiger charge is -2.23. The van der Waals surface area contributed by atoms with E-state index in [-0.39, 0.29) is 30.5 Å². The molecule has 0 unspecified atom stereocenters. The molecule has 2 saturated heterocycles. The largest absolute Gasteiger partial charge is 0.381 e. The van der Waals surface area contributed by atoms with Gasteiger partial charge < -0.3 is 20.5 Å². The summed E-state index contributed by atoms with van der Waals surface area (Å²) in [7, 11) is 0. The minimum atomic E-state index is -0.289. The molecule has 2 aliphatic heterocycles. The molecule has 3 N–H and O–H groups in total. The smallest absolute Gasteiger partial charge is 0.249 e. The normalized spacial score (nSPS) is 28.7. The molecule has 2 heterocycles. The lowest BCUT2D eigenvalue weighted by Crippen LogP contribution is -2.39. The van der Waals surface area contributed by atoms with Crippen LogP contribution in [-0.4, -0.2) is 44.4 Å². The molecule has 5 nitrogen and oxygen atoms in total. The fourth-order valence-corrected chi connectivity index (χ4v) is 2.38. The Kier molecular flexibility index (Phi) is 6.92. The molecule has 0 aliphatic carbocycles. The molecule has 106 valence electrons. The highest BCUT2D eigenvalue weighted by Gasteiger charge is 2.30. The average Bonchev–Trinajstić information content (AvgIpc) is 2.86. The van der Waals surface area contributed by atoms with E-state index >= 15 is 0 Å². The molecule has 1 amide bonds. The maximum Gasteiger partial charge on any atom is 0.249 e. The maximum absolute atomic E-state index is 11.8. The molecule has 0 aromatic carbocycles. The zero-order valence-corrected chi connectivity index (χ0v) is 11.4. The van der Waals surface area contributed by atoms with Gasteiger partial charge >= 0.3 is 0 Å². The first-order valence-corrected chi connectivity index (χ1v) is 6.50. The van der Waals surface area contributed by atoms with Gasteiger partial charge in [0, 0.05) is 26.3 Å². The molecule has 0 saturated carbocycles. The number of rotatable bonds is 4. The molecule has 0 spiro atoms. The zero-order chi connectivity index (χ0) is 12.1. The van der Waals surface area contributed by atoms with Gasteiger partial charge in [0.15, 0.2) is 0 Å². The highest BCUT2D eigenvalue weighted by atomic mass is 35.5. The van der Waals surface area contributed by atoms with Gasteiger partial charge in [-0.3, -0.25) is 4.79 Å². The lowest BCUT2D eigenvalue weighted by molar-refractivity contribution is -0.132. The molecule has 2 rings (SSSR count). The first kappa shape index (κ1) is 15.7. The summed E-state index contributed by atoms with van der Waals surface area (Å²) in [5.41, 5.74) is 5.52. The Bertz CT molecular complexity index is 260. The van der Waals surface area contributed by atoms with Gasteiger partial charge in [0.05, 0.1) is 6.10 Å². The lowest BCUT2D eigenvalue weighted by atomic mass is 10.0. The van der Waals surface area contributed by atoms with Crippen molar-refractivity contribution in [2.45, 2.75) is 37.9 Å². The second kappa shape index (κ2) is 7.94. The van der Waals surface area contributed by atoms with Crippen LogP contribution in [0.15, 0.2) is 0 Å². The van der Waals surface area contributed by atoms with E-state index in [0.29, 0.717) is 12.5 Å². The molecule has 18 heavy (non-hydrogen) atoms. The minimum Gasteiger partial charge on any atom is -0.381 e. The minimum absolute atomic E-state index is 0. The van der Waals surface area contributed by atoms with E-state index < -0.39 is 0 Å². The standard InChI is InChI=1S/C12H22N2O3.ClH/c13-7-10-1-2-11(17-10)12(15)14-8-9-3-5-16-6-4-9;/h9-11H,1-8,13H2,(H,14,15);1H/t10-,11+;/m1./s1. The Morgan fingerprint density at radius 3 is 2.56 bits per heavy atom. The topological polar surface area (TPSA) is 73.6 Å². The van der Waals surface area contributed by atoms with Crippen LogP contribution in [0.5, 0.6) is 0 Å². The van der Waals surface area contributed by atoms with Crippen molar-refractivity contribution in [2.75, 3.05) is 26.3 Å². The summed E-state index contributed by atoms with van der Waals surface area (Å²) in [4.78, 5) is 11.8. The Hall–Kier alpha value is -0.360. The van der Waals surface area contributed by atoms with Crippen molar-refractivity contribution >= 4 is 18.3 Å². The fourth-order valence-electron chi connectivity index (χ4n) is 2.38. The van der Waals surface area contributed by atoms with Crippen molar-refractivity contribution in [3.05, 3.63) is 0 Å². The van der Waals surface area contributed by atoms with Crippen molar-refractivity contribution in [3.8, 4) is 0 Å². The summed E-state index contributed by atoms with van der Waals surface area (Å²) < 4.78 is 10.8. The number of carbonyl (C=O) groups is 1. The van der Waals surface area contributed by atoms with Crippen LogP contribution >= 0.6 is 12.4 Å². The quantitative estimate of drug-likeness (QED) is 0.783. The van der Waals surface area contributed by atoms with E-state index in [2.05, 4.69) is 5.32 Å². The Balaban J connectivity index is 0.00000162. The number of hydrogen-bond acceptors (Lipinski definition) is 4. The van der Waals surface area contributed by atoms with Gasteiger partial charge in [0.1, 0.15) is 6.10 Å². The molecule has 2 aliphatic rings. The van der Waals surface area contributed by atoms with Crippen LogP contribution in [0.2, 0.25) is 0 Å². The van der Waals surface area contributed by atoms with Crippen molar-refractivity contribution in [1.82, 2.24) is 5.32 Å². The van der Waals surface area contributed by atoms with Crippen LogP contribution in [0.3, 0.4) is 0 Å². The van der Waals surface area contributed by atoms with E-state index in [4.69, 9.17) is 15.2 Å². The average molecular weight is 279 g/mol. The molecule has 6 heteroatoms. The summed E-state index contributed by atoms with van der Waals surface area (Å²) in [5.74, 6) is 0.576. The maximum atomic E-state index is 11.8. The fraction of sp³-hybridized carbons (Fsp3) is 0.917. The Morgan fingerprint density at radius 1 is 1.22 bits per heavy atom. The van der Waals surface area contributed by atoms with Crippen molar-refractivity contribution in [3.63, 3.8) is 0 Å². The highest BCUT2D eigenvalue weighted by molar-refractivity contribution is 5.85. The number of nitrogens with two attached hydrogens (primary N) is 1. The van der Waals surface area contributed by atoms with Gasteiger partial charge in [-0.15, -0.1) is 12.4 Å². The summed E-state index contributed by atoms with van der Waals surface area (Å²) >= 11 is 0. The van der Waals surface area contributed by atoms with Gasteiger partial charge in [-0.1, -0.05) is 0 Å². The molecular formula is C12H23ClN2O3. The summed E-state index contributed by atoms with van der Waals surface area (Å²) in [6.45, 7) is 2.88. The summed E-state index contributed by atoms with van der Waals surface area (Å²) in [6.07, 6.45) is 3.54. The predicted molar refractivity (Wildman–Crippen MR) is 70.8 cm³/mol. The number of ether oxygens (including phenoxy) is 2. The molecular weight excluding hydrogens is 256 g/mol. The van der Waals surface area contributed by atoms with Gasteiger partial charge in [0.25, 0.3) is 0 Å². The first-order chi connectivity index (χ1) is 8.29. The van der Waals surface area contributed by atoms with Crippen LogP contribution in [0, 0.1) is 5.92 Å². The summed E-state index contributed by atoms with van der Waals surface area (Å²) in [6, 6.07) is 0. The monoisotopic (exact) mass is 278 g/mol. The second-order valence-corrected chi connectivity index (χ2v) is 4.86. The number of nitrogens with one attached hydrogen (secondary N) is 1. The number of halogens is 1. The third-order valence-electron chi connectivity index (χ3n) is 3.57. The van der Waals surface area contributed by atoms with Crippen LogP contribution < -0.4 is 11.1 Å². The van der Waals surface area contributed by atoms with E-state index in [9.17, 15) is 4.79 Å². The van der Waals surface area contributed by atoms with Crippen molar-refractivity contribution < 1.29 is 14.3 Å². The van der Waals surface area contributed by atoms with Gasteiger partial charge in [-0.25, -0.2) is 0 Å². The molecule has 0 aromatic rings. The number of amides is 1. The van der Waals surface area contributed by atoms with Crippen molar-refractivity contribution in [1.29, 1.82) is 0 Å². The molecule has 0 radical (unpaired) electrons. The van der Waals surface area contributed by atoms with E-state index in [1.807, 2.05) is 0 Å². The predicted octanol–water partition coefficient (Wildman–Crippen LogP) is 0.457. The van der Waals surface area contributed by atoms with Crippen molar-refractivity contribution in [2.24, 2.45) is 11.7 Å². The van der Waals surface area contributed by atoms with Crippen LogP contribution in [0.4, 0.5) is 0 Å². The Labute approximate surface area is 114 Å². The SMILES string of the molecule is Cl.NC[C@H]1CC[C@@H](C(=O)NCC2CCOCC2)O1. The van der Waals surface area contributed by atoms with E-state index in [1.165, 1.54) is 0 Å². The van der Waals surface area contributed by atoms with Gasteiger partial charge in [-0.05, 0) is 31.6 Å². The van der Waals surface area contributed by atoms with Gasteiger partial charge in [0.2, 0.25) is 5.91 Å². The molecule has 0 bridgehead atoms. The third-order valence-corrected chi connectivity index (χ3v) is 3.57. The zero-order valence-electron chi connectivity index (χ0n) is 10.6. The molecule has 0 aromatic heterocycles. The van der Waals surface area contributed by atoms with Gasteiger partial charge in [-0.2, -0.15) is 0 Å². The van der Waals surface area contributed by atoms with E-state index in [1.54, 1.807) is 0 Å².